The lowest BCUT2D eigenvalue weighted by molar-refractivity contribution is 0.120. The maximum Gasteiger partial charge on any atom is 0.183 e. The predicted octanol–water partition coefficient (Wildman–Crippen LogP) is 3.61. The summed E-state index contributed by atoms with van der Waals surface area (Å²) in [6.45, 7) is 1.78. The highest BCUT2D eigenvalue weighted by atomic mass is 32.2. The van der Waals surface area contributed by atoms with Gasteiger partial charge in [0, 0.05) is 18.0 Å². The van der Waals surface area contributed by atoms with Crippen molar-refractivity contribution in [1.82, 2.24) is 4.98 Å². The molecule has 1 fully saturated rings. The molecule has 1 saturated heterocycles. The molecule has 1 aliphatic heterocycles. The number of hydrogen-bond donors (Lipinski definition) is 1. The van der Waals surface area contributed by atoms with E-state index in [1.165, 1.54) is 16.0 Å². The van der Waals surface area contributed by atoms with Crippen molar-refractivity contribution in [1.29, 1.82) is 0 Å². The van der Waals surface area contributed by atoms with Gasteiger partial charge in [-0.05, 0) is 37.3 Å². The zero-order valence-corrected chi connectivity index (χ0v) is 11.9. The molecule has 0 unspecified atom stereocenters. The second kappa shape index (κ2) is 5.47. The van der Waals surface area contributed by atoms with Crippen molar-refractivity contribution < 1.29 is 4.74 Å². The van der Waals surface area contributed by atoms with Crippen LogP contribution in [-0.2, 0) is 4.74 Å². The third-order valence-corrected chi connectivity index (χ3v) is 4.80. The summed E-state index contributed by atoms with van der Waals surface area (Å²) < 4.78 is 6.84. The van der Waals surface area contributed by atoms with E-state index in [0.29, 0.717) is 6.10 Å². The first-order valence-electron chi connectivity index (χ1n) is 6.15. The highest BCUT2D eigenvalue weighted by Gasteiger charge is 2.15. The van der Waals surface area contributed by atoms with Gasteiger partial charge in [-0.15, -0.1) is 11.8 Å². The molecule has 0 saturated carbocycles. The highest BCUT2D eigenvalue weighted by molar-refractivity contribution is 7.98. The minimum atomic E-state index is 0.360. The Hall–Kier alpha value is -0.780. The first-order valence-corrected chi connectivity index (χ1v) is 8.19. The quantitative estimate of drug-likeness (QED) is 0.868. The summed E-state index contributed by atoms with van der Waals surface area (Å²) in [5.74, 6) is 0. The molecule has 0 bridgehead atoms. The number of thiazole rings is 1. The van der Waals surface area contributed by atoms with Gasteiger partial charge in [-0.2, -0.15) is 0 Å². The Labute approximate surface area is 115 Å². The molecule has 2 aromatic rings. The molecule has 1 N–H and O–H groups in total. The second-order valence-electron chi connectivity index (χ2n) is 4.37. The summed E-state index contributed by atoms with van der Waals surface area (Å²) in [6, 6.07) is 6.42. The zero-order chi connectivity index (χ0) is 12.4. The van der Waals surface area contributed by atoms with Crippen LogP contribution in [-0.4, -0.2) is 30.5 Å². The van der Waals surface area contributed by atoms with Gasteiger partial charge in [0.05, 0.1) is 16.3 Å². The van der Waals surface area contributed by atoms with E-state index < -0.39 is 0 Å². The SMILES string of the molecule is CSc1ccc2nc(NC[C@H]3CCCO3)sc2c1. The number of thioether (sulfide) groups is 1. The molecule has 0 aliphatic carbocycles. The maximum atomic E-state index is 5.60. The largest absolute Gasteiger partial charge is 0.376 e. The van der Waals surface area contributed by atoms with E-state index >= 15 is 0 Å². The van der Waals surface area contributed by atoms with Gasteiger partial charge < -0.3 is 10.1 Å². The molecular formula is C13H16N2OS2. The summed E-state index contributed by atoms with van der Waals surface area (Å²) in [4.78, 5) is 5.88. The monoisotopic (exact) mass is 280 g/mol. The van der Waals surface area contributed by atoms with Crippen molar-refractivity contribution in [3.8, 4) is 0 Å². The molecule has 0 amide bonds. The van der Waals surface area contributed by atoms with E-state index in [9.17, 15) is 0 Å². The fourth-order valence-corrected chi connectivity index (χ4v) is 3.54. The number of rotatable bonds is 4. The Balaban J connectivity index is 1.72. The van der Waals surface area contributed by atoms with Crippen molar-refractivity contribution in [3.05, 3.63) is 18.2 Å². The lowest BCUT2D eigenvalue weighted by Gasteiger charge is -2.08. The van der Waals surface area contributed by atoms with Crippen LogP contribution in [0, 0.1) is 0 Å². The minimum absolute atomic E-state index is 0.360. The molecule has 0 spiro atoms. The van der Waals surface area contributed by atoms with E-state index in [0.717, 1.165) is 30.2 Å². The number of ether oxygens (including phenoxy) is 1. The molecule has 3 nitrogen and oxygen atoms in total. The molecule has 1 atom stereocenters. The highest BCUT2D eigenvalue weighted by Crippen LogP contribution is 2.29. The first kappa shape index (κ1) is 12.3. The summed E-state index contributed by atoms with van der Waals surface area (Å²) in [6.07, 6.45) is 4.80. The van der Waals surface area contributed by atoms with Crippen LogP contribution < -0.4 is 5.32 Å². The van der Waals surface area contributed by atoms with Gasteiger partial charge in [0.2, 0.25) is 0 Å². The van der Waals surface area contributed by atoms with Crippen LogP contribution in [0.1, 0.15) is 12.8 Å². The standard InChI is InChI=1S/C13H16N2OS2/c1-17-10-4-5-11-12(7-10)18-13(15-11)14-8-9-3-2-6-16-9/h4-5,7,9H,2-3,6,8H2,1H3,(H,14,15)/t9-/m1/s1. The number of nitrogens with one attached hydrogen (secondary N) is 1. The molecular weight excluding hydrogens is 264 g/mol. The molecule has 5 heteroatoms. The summed E-state index contributed by atoms with van der Waals surface area (Å²) in [7, 11) is 0. The molecule has 1 aromatic carbocycles. The van der Waals surface area contributed by atoms with Crippen LogP contribution in [0.15, 0.2) is 23.1 Å². The molecule has 0 radical (unpaired) electrons. The minimum Gasteiger partial charge on any atom is -0.376 e. The van der Waals surface area contributed by atoms with Crippen molar-refractivity contribution in [2.24, 2.45) is 0 Å². The Morgan fingerprint density at radius 1 is 1.56 bits per heavy atom. The van der Waals surface area contributed by atoms with Gasteiger partial charge >= 0.3 is 0 Å². The first-order chi connectivity index (χ1) is 8.85. The Kier molecular flexibility index (Phi) is 3.72. The number of anilines is 1. The van der Waals surface area contributed by atoms with Gasteiger partial charge in [-0.3, -0.25) is 0 Å². The third kappa shape index (κ3) is 2.63. The average molecular weight is 280 g/mol. The Morgan fingerprint density at radius 3 is 3.28 bits per heavy atom. The number of aromatic nitrogens is 1. The van der Waals surface area contributed by atoms with Crippen LogP contribution in [0.3, 0.4) is 0 Å². The van der Waals surface area contributed by atoms with E-state index in [1.807, 2.05) is 0 Å². The van der Waals surface area contributed by atoms with Crippen molar-refractivity contribution >= 4 is 38.4 Å². The van der Waals surface area contributed by atoms with Crippen molar-refractivity contribution in [2.45, 2.75) is 23.8 Å². The van der Waals surface area contributed by atoms with Crippen molar-refractivity contribution in [2.75, 3.05) is 24.7 Å². The fraction of sp³-hybridized carbons (Fsp3) is 0.462. The maximum absolute atomic E-state index is 5.60. The van der Waals surface area contributed by atoms with Crippen molar-refractivity contribution in [3.63, 3.8) is 0 Å². The number of hydrogen-bond acceptors (Lipinski definition) is 5. The van der Waals surface area contributed by atoms with E-state index in [2.05, 4.69) is 34.8 Å². The topological polar surface area (TPSA) is 34.2 Å². The molecule has 18 heavy (non-hydrogen) atoms. The van der Waals surface area contributed by atoms with Gasteiger partial charge in [0.15, 0.2) is 5.13 Å². The van der Waals surface area contributed by atoms with Crippen LogP contribution in [0.2, 0.25) is 0 Å². The van der Waals surface area contributed by atoms with E-state index in [-0.39, 0.29) is 0 Å². The fourth-order valence-electron chi connectivity index (χ4n) is 2.11. The Bertz CT molecular complexity index is 535. The predicted molar refractivity (Wildman–Crippen MR) is 78.9 cm³/mol. The molecule has 1 aliphatic rings. The van der Waals surface area contributed by atoms with Crippen LogP contribution in [0.4, 0.5) is 5.13 Å². The smallest absolute Gasteiger partial charge is 0.183 e. The number of fused-ring (bicyclic) bond motifs is 1. The lowest BCUT2D eigenvalue weighted by Crippen LogP contribution is -2.18. The van der Waals surface area contributed by atoms with E-state index in [4.69, 9.17) is 4.74 Å². The van der Waals surface area contributed by atoms with Gasteiger partial charge in [-0.1, -0.05) is 11.3 Å². The Morgan fingerprint density at radius 2 is 2.50 bits per heavy atom. The summed E-state index contributed by atoms with van der Waals surface area (Å²) in [5.41, 5.74) is 1.08. The van der Waals surface area contributed by atoms with Crippen LogP contribution >= 0.6 is 23.1 Å². The van der Waals surface area contributed by atoms with Gasteiger partial charge in [0.1, 0.15) is 0 Å². The number of nitrogens with zero attached hydrogens (tertiary/aromatic N) is 1. The molecule has 2 heterocycles. The molecule has 1 aromatic heterocycles. The average Bonchev–Trinajstić information content (AvgIpc) is 3.04. The van der Waals surface area contributed by atoms with Crippen LogP contribution in [0.25, 0.3) is 10.2 Å². The molecule has 3 rings (SSSR count). The van der Waals surface area contributed by atoms with Gasteiger partial charge in [-0.25, -0.2) is 4.98 Å². The summed E-state index contributed by atoms with van der Waals surface area (Å²) in [5, 5.41) is 4.39. The normalized spacial score (nSPS) is 19.5. The van der Waals surface area contributed by atoms with E-state index in [1.54, 1.807) is 23.1 Å². The summed E-state index contributed by atoms with van der Waals surface area (Å²) >= 11 is 3.48. The molecule has 96 valence electrons. The lowest BCUT2D eigenvalue weighted by atomic mass is 10.2. The van der Waals surface area contributed by atoms with Gasteiger partial charge in [0.25, 0.3) is 0 Å². The number of benzene rings is 1. The second-order valence-corrected chi connectivity index (χ2v) is 6.28. The van der Waals surface area contributed by atoms with Crippen LogP contribution in [0.5, 0.6) is 0 Å². The zero-order valence-electron chi connectivity index (χ0n) is 10.3. The third-order valence-electron chi connectivity index (χ3n) is 3.10.